The van der Waals surface area contributed by atoms with Crippen molar-refractivity contribution in [3.05, 3.63) is 42.0 Å². The van der Waals surface area contributed by atoms with Gasteiger partial charge in [0.2, 0.25) is 0 Å². The molecule has 6 heteroatoms. The second-order valence-corrected chi connectivity index (χ2v) is 8.56. The Morgan fingerprint density at radius 3 is 2.46 bits per heavy atom. The van der Waals surface area contributed by atoms with E-state index in [1.54, 1.807) is 0 Å². The summed E-state index contributed by atoms with van der Waals surface area (Å²) >= 11 is 5.47. The molecule has 0 bridgehead atoms. The van der Waals surface area contributed by atoms with Crippen molar-refractivity contribution in [2.45, 2.75) is 69.4 Å². The van der Waals surface area contributed by atoms with Gasteiger partial charge >= 0.3 is 0 Å². The van der Waals surface area contributed by atoms with E-state index in [1.165, 1.54) is 44.9 Å². The lowest BCUT2D eigenvalue weighted by Gasteiger charge is -2.36. The molecule has 1 saturated carbocycles. The van der Waals surface area contributed by atoms with Gasteiger partial charge in [0, 0.05) is 19.1 Å². The summed E-state index contributed by atoms with van der Waals surface area (Å²) in [5, 5.41) is 5.93. The molecule has 4 rings (SSSR count). The minimum atomic E-state index is -0.250. The van der Waals surface area contributed by atoms with E-state index in [0.717, 1.165) is 37.2 Å². The Kier molecular flexibility index (Phi) is 6.50. The minimum absolute atomic E-state index is 0.250. The van der Waals surface area contributed by atoms with E-state index in [2.05, 4.69) is 29.0 Å². The number of nitrogens with one attached hydrogen (secondary N) is 2. The summed E-state index contributed by atoms with van der Waals surface area (Å²) in [4.78, 5) is 11.9. The van der Waals surface area contributed by atoms with E-state index in [4.69, 9.17) is 21.9 Å². The molecule has 0 amide bonds. The van der Waals surface area contributed by atoms with Crippen LogP contribution in [0.15, 0.2) is 36.4 Å². The van der Waals surface area contributed by atoms with Gasteiger partial charge in [-0.2, -0.15) is 0 Å². The zero-order valence-electron chi connectivity index (χ0n) is 16.5. The molecule has 1 spiro atoms. The molecule has 152 valence electrons. The Balaban J connectivity index is 1.25. The van der Waals surface area contributed by atoms with Crippen LogP contribution < -0.4 is 10.8 Å². The van der Waals surface area contributed by atoms with Crippen LogP contribution in [0.3, 0.4) is 0 Å². The molecule has 1 aliphatic carbocycles. The van der Waals surface area contributed by atoms with Crippen molar-refractivity contribution in [1.82, 2.24) is 15.9 Å². The van der Waals surface area contributed by atoms with Crippen LogP contribution in [0, 0.1) is 0 Å². The van der Waals surface area contributed by atoms with Crippen molar-refractivity contribution in [3.8, 4) is 0 Å². The van der Waals surface area contributed by atoms with E-state index in [-0.39, 0.29) is 5.60 Å². The number of hydrogen-bond acceptors (Lipinski definition) is 5. The van der Waals surface area contributed by atoms with Crippen LogP contribution in [0.2, 0.25) is 0 Å². The van der Waals surface area contributed by atoms with Gasteiger partial charge in [0.05, 0.1) is 5.70 Å². The summed E-state index contributed by atoms with van der Waals surface area (Å²) in [5.74, 6) is 0. The molecule has 0 atom stereocenters. The molecular formula is C22H31N3O2S. The van der Waals surface area contributed by atoms with Crippen LogP contribution in [0.1, 0.15) is 63.4 Å². The Morgan fingerprint density at radius 2 is 1.75 bits per heavy atom. The number of piperidine rings is 1. The van der Waals surface area contributed by atoms with Gasteiger partial charge in [-0.1, -0.05) is 62.4 Å². The van der Waals surface area contributed by atoms with Gasteiger partial charge in [-0.3, -0.25) is 10.3 Å². The molecule has 2 fully saturated rings. The van der Waals surface area contributed by atoms with E-state index < -0.39 is 0 Å². The minimum Gasteiger partial charge on any atom is -0.376 e. The third-order valence-corrected chi connectivity index (χ3v) is 6.26. The van der Waals surface area contributed by atoms with E-state index >= 15 is 0 Å². The summed E-state index contributed by atoms with van der Waals surface area (Å²) in [7, 11) is 0. The quantitative estimate of drug-likeness (QED) is 0.736. The van der Waals surface area contributed by atoms with Crippen molar-refractivity contribution in [2.24, 2.45) is 0 Å². The zero-order valence-corrected chi connectivity index (χ0v) is 17.3. The molecule has 5 nitrogen and oxygen atoms in total. The van der Waals surface area contributed by atoms with Crippen LogP contribution in [-0.2, 0) is 9.68 Å². The monoisotopic (exact) mass is 401 g/mol. The molecule has 1 aromatic rings. The highest BCUT2D eigenvalue weighted by atomic mass is 32.1. The first-order chi connectivity index (χ1) is 13.7. The lowest BCUT2D eigenvalue weighted by Crippen LogP contribution is -2.47. The summed E-state index contributed by atoms with van der Waals surface area (Å²) in [6.07, 6.45) is 13.0. The normalized spacial score (nSPS) is 23.4. The van der Waals surface area contributed by atoms with E-state index in [1.807, 2.05) is 23.3 Å². The summed E-state index contributed by atoms with van der Waals surface area (Å²) in [5.41, 5.74) is 5.07. The number of rotatable bonds is 3. The van der Waals surface area contributed by atoms with Crippen LogP contribution in [0.5, 0.6) is 0 Å². The molecule has 0 unspecified atom stereocenters. The maximum Gasteiger partial charge on any atom is 0.278 e. The highest BCUT2D eigenvalue weighted by Gasteiger charge is 2.39. The highest BCUT2D eigenvalue weighted by Crippen LogP contribution is 2.34. The van der Waals surface area contributed by atoms with Gasteiger partial charge < -0.3 is 10.2 Å². The smallest absolute Gasteiger partial charge is 0.278 e. The fraction of sp³-hybridized carbons (Fsp3) is 0.591. The van der Waals surface area contributed by atoms with Crippen LogP contribution >= 0.6 is 12.2 Å². The SMILES string of the molecule is S=C(NC1CCCCCCC1)ON1CCC2(C=C(c3ccccc3)NO2)CC1. The predicted molar refractivity (Wildman–Crippen MR) is 115 cm³/mol. The molecular weight excluding hydrogens is 370 g/mol. The summed E-state index contributed by atoms with van der Waals surface area (Å²) in [6, 6.07) is 10.8. The molecule has 2 N–H and O–H groups in total. The number of nitrogens with zero attached hydrogens (tertiary/aromatic N) is 1. The van der Waals surface area contributed by atoms with Gasteiger partial charge in [-0.25, -0.2) is 0 Å². The van der Waals surface area contributed by atoms with Gasteiger partial charge in [0.25, 0.3) is 5.17 Å². The average molecular weight is 402 g/mol. The van der Waals surface area contributed by atoms with Crippen molar-refractivity contribution < 1.29 is 9.68 Å². The second-order valence-electron chi connectivity index (χ2n) is 8.19. The second kappa shape index (κ2) is 9.25. The standard InChI is InChI=1S/C22H31N3O2S/c28-21(23-19-11-7-2-1-3-8-12-19)26-25-15-13-22(14-16-25)17-20(24-27-22)18-9-5-4-6-10-18/h4-6,9-10,17,19,24H,1-3,7-8,11-16H2,(H,23,28). The van der Waals surface area contributed by atoms with Crippen LogP contribution in [0.4, 0.5) is 0 Å². The Morgan fingerprint density at radius 1 is 1.07 bits per heavy atom. The molecule has 0 radical (unpaired) electrons. The van der Waals surface area contributed by atoms with Gasteiger partial charge in [-0.15, -0.1) is 5.06 Å². The molecule has 0 aromatic heterocycles. The Labute approximate surface area is 173 Å². The first kappa shape index (κ1) is 19.7. The number of benzene rings is 1. The lowest BCUT2D eigenvalue weighted by molar-refractivity contribution is -0.144. The molecule has 2 heterocycles. The molecule has 28 heavy (non-hydrogen) atoms. The fourth-order valence-corrected chi connectivity index (χ4v) is 4.62. The third kappa shape index (κ3) is 5.04. The zero-order chi connectivity index (χ0) is 19.2. The highest BCUT2D eigenvalue weighted by molar-refractivity contribution is 7.80. The van der Waals surface area contributed by atoms with Crippen molar-refractivity contribution >= 4 is 23.1 Å². The average Bonchev–Trinajstić information content (AvgIpc) is 3.10. The number of hydrogen-bond donors (Lipinski definition) is 2. The Hall–Kier alpha value is -1.63. The van der Waals surface area contributed by atoms with E-state index in [0.29, 0.717) is 11.2 Å². The third-order valence-electron chi connectivity index (χ3n) is 6.06. The molecule has 3 aliphatic rings. The van der Waals surface area contributed by atoms with Crippen molar-refractivity contribution in [2.75, 3.05) is 13.1 Å². The predicted octanol–water partition coefficient (Wildman–Crippen LogP) is 4.32. The summed E-state index contributed by atoms with van der Waals surface area (Å²) in [6.45, 7) is 1.60. The number of hydroxylamine groups is 3. The lowest BCUT2D eigenvalue weighted by atomic mass is 9.91. The van der Waals surface area contributed by atoms with Crippen LogP contribution in [0.25, 0.3) is 5.70 Å². The van der Waals surface area contributed by atoms with Crippen molar-refractivity contribution in [1.29, 1.82) is 0 Å². The first-order valence-electron chi connectivity index (χ1n) is 10.7. The van der Waals surface area contributed by atoms with Gasteiger partial charge in [0.15, 0.2) is 0 Å². The Bertz CT molecular complexity index is 678. The molecule has 1 aromatic carbocycles. The fourth-order valence-electron chi connectivity index (χ4n) is 4.35. The van der Waals surface area contributed by atoms with Crippen LogP contribution in [-0.4, -0.2) is 35.0 Å². The van der Waals surface area contributed by atoms with Gasteiger partial charge in [-0.05, 0) is 49.5 Å². The molecule has 1 saturated heterocycles. The maximum absolute atomic E-state index is 5.98. The largest absolute Gasteiger partial charge is 0.376 e. The first-order valence-corrected chi connectivity index (χ1v) is 11.1. The summed E-state index contributed by atoms with van der Waals surface area (Å²) < 4.78 is 0. The van der Waals surface area contributed by atoms with Crippen molar-refractivity contribution in [3.63, 3.8) is 0 Å². The molecule has 2 aliphatic heterocycles. The van der Waals surface area contributed by atoms with E-state index in [9.17, 15) is 0 Å². The number of thiocarbonyl (C=S) groups is 1. The van der Waals surface area contributed by atoms with Gasteiger partial charge in [0.1, 0.15) is 5.60 Å². The topological polar surface area (TPSA) is 45.8 Å². The maximum atomic E-state index is 5.98.